The molecule has 0 aliphatic rings. The Labute approximate surface area is 133 Å². The molecule has 0 fully saturated rings. The Hall–Kier alpha value is -3.15. The molecule has 1 aromatic heterocycles. The van der Waals surface area contributed by atoms with Gasteiger partial charge >= 0.3 is 5.97 Å². The molecule has 0 saturated heterocycles. The van der Waals surface area contributed by atoms with Gasteiger partial charge in [-0.2, -0.15) is 0 Å². The van der Waals surface area contributed by atoms with Gasteiger partial charge < -0.3 is 9.84 Å². The topological polar surface area (TPSA) is 77.2 Å². The lowest BCUT2D eigenvalue weighted by Crippen LogP contribution is -2.03. The lowest BCUT2D eigenvalue weighted by molar-refractivity contribution is 0.0691. The molecule has 116 valence electrons. The van der Waals surface area contributed by atoms with Gasteiger partial charge in [0.05, 0.1) is 12.8 Å². The van der Waals surface area contributed by atoms with E-state index >= 15 is 0 Å². The zero-order chi connectivity index (χ0) is 16.4. The molecule has 0 atom stereocenters. The first-order valence-electron chi connectivity index (χ1n) is 7.00. The van der Waals surface area contributed by atoms with Crippen molar-refractivity contribution >= 4 is 5.97 Å². The second-order valence-corrected chi connectivity index (χ2v) is 5.07. The van der Waals surface area contributed by atoms with E-state index in [4.69, 9.17) is 4.74 Å². The van der Waals surface area contributed by atoms with Crippen molar-refractivity contribution in [1.29, 1.82) is 0 Å². The zero-order valence-electron chi connectivity index (χ0n) is 12.7. The number of carboxylic acid groups (broad SMARTS) is 1. The van der Waals surface area contributed by atoms with Crippen molar-refractivity contribution in [2.75, 3.05) is 7.11 Å². The molecule has 0 aliphatic heterocycles. The van der Waals surface area contributed by atoms with Crippen LogP contribution in [0, 0.1) is 6.92 Å². The third-order valence-electron chi connectivity index (χ3n) is 3.51. The number of carboxylic acids is 1. The molecule has 6 heteroatoms. The van der Waals surface area contributed by atoms with Crippen LogP contribution < -0.4 is 4.74 Å². The Bertz CT molecular complexity index is 837. The monoisotopic (exact) mass is 309 g/mol. The van der Waals surface area contributed by atoms with E-state index < -0.39 is 5.97 Å². The summed E-state index contributed by atoms with van der Waals surface area (Å²) in [5.74, 6) is -0.422. The first-order chi connectivity index (χ1) is 11.1. The number of carbonyl (C=O) groups is 1. The van der Waals surface area contributed by atoms with E-state index in [1.165, 1.54) is 4.68 Å². The van der Waals surface area contributed by atoms with Crippen molar-refractivity contribution in [3.05, 3.63) is 59.8 Å². The van der Waals surface area contributed by atoms with Crippen LogP contribution in [-0.4, -0.2) is 33.2 Å². The van der Waals surface area contributed by atoms with Crippen LogP contribution >= 0.6 is 0 Å². The molecule has 23 heavy (non-hydrogen) atoms. The fourth-order valence-corrected chi connectivity index (χ4v) is 2.30. The third-order valence-corrected chi connectivity index (χ3v) is 3.51. The van der Waals surface area contributed by atoms with E-state index in [9.17, 15) is 9.90 Å². The van der Waals surface area contributed by atoms with Gasteiger partial charge in [-0.05, 0) is 43.3 Å². The fourth-order valence-electron chi connectivity index (χ4n) is 2.30. The van der Waals surface area contributed by atoms with Gasteiger partial charge in [0, 0.05) is 5.56 Å². The molecule has 3 rings (SSSR count). The van der Waals surface area contributed by atoms with Gasteiger partial charge in [0.25, 0.3) is 0 Å². The van der Waals surface area contributed by atoms with Gasteiger partial charge in [-0.1, -0.05) is 22.9 Å². The maximum atomic E-state index is 11.5. The third kappa shape index (κ3) is 2.78. The number of hydrogen-bond donors (Lipinski definition) is 1. The molecule has 0 amide bonds. The molecule has 0 aliphatic carbocycles. The average molecular weight is 309 g/mol. The molecule has 3 aromatic rings. The Balaban J connectivity index is 2.17. The first kappa shape index (κ1) is 14.8. The normalized spacial score (nSPS) is 10.5. The molecule has 1 N–H and O–H groups in total. The highest BCUT2D eigenvalue weighted by Crippen LogP contribution is 2.27. The summed E-state index contributed by atoms with van der Waals surface area (Å²) in [6.07, 6.45) is 0. The average Bonchev–Trinajstić information content (AvgIpc) is 3.01. The highest BCUT2D eigenvalue weighted by molar-refractivity contribution is 5.93. The van der Waals surface area contributed by atoms with E-state index in [1.807, 2.05) is 31.2 Å². The maximum absolute atomic E-state index is 11.5. The van der Waals surface area contributed by atoms with Crippen LogP contribution in [0.15, 0.2) is 48.5 Å². The van der Waals surface area contributed by atoms with Crippen molar-refractivity contribution in [2.45, 2.75) is 6.92 Å². The first-order valence-corrected chi connectivity index (χ1v) is 7.00. The minimum Gasteiger partial charge on any atom is -0.497 e. The standard InChI is InChI=1S/C17H15N3O3/c1-11-3-7-13(8-4-11)20-16(15(17(21)22)18-19-20)12-5-9-14(23-2)10-6-12/h3-10H,1-2H3,(H,21,22). The molecule has 0 bridgehead atoms. The van der Waals surface area contributed by atoms with Crippen molar-refractivity contribution in [2.24, 2.45) is 0 Å². The van der Waals surface area contributed by atoms with Crippen LogP contribution in [-0.2, 0) is 0 Å². The van der Waals surface area contributed by atoms with Crippen molar-refractivity contribution in [3.8, 4) is 22.7 Å². The Morgan fingerprint density at radius 1 is 1.09 bits per heavy atom. The second kappa shape index (κ2) is 5.92. The molecular formula is C17H15N3O3. The minimum atomic E-state index is -1.12. The van der Waals surface area contributed by atoms with Gasteiger partial charge in [-0.25, -0.2) is 9.48 Å². The lowest BCUT2D eigenvalue weighted by atomic mass is 10.1. The van der Waals surface area contributed by atoms with Gasteiger partial charge in [-0.3, -0.25) is 0 Å². The molecule has 2 aromatic carbocycles. The van der Waals surface area contributed by atoms with E-state index in [-0.39, 0.29) is 5.69 Å². The van der Waals surface area contributed by atoms with Crippen LogP contribution in [0.3, 0.4) is 0 Å². The molecule has 0 saturated carbocycles. The number of aromatic nitrogens is 3. The molecule has 0 spiro atoms. The highest BCUT2D eigenvalue weighted by atomic mass is 16.5. The van der Waals surface area contributed by atoms with E-state index in [0.29, 0.717) is 17.0 Å². The van der Waals surface area contributed by atoms with E-state index in [1.54, 1.807) is 31.4 Å². The molecular weight excluding hydrogens is 294 g/mol. The lowest BCUT2D eigenvalue weighted by Gasteiger charge is -2.08. The van der Waals surface area contributed by atoms with Crippen LogP contribution in [0.4, 0.5) is 0 Å². The summed E-state index contributed by atoms with van der Waals surface area (Å²) in [7, 11) is 1.58. The molecule has 0 unspecified atom stereocenters. The highest BCUT2D eigenvalue weighted by Gasteiger charge is 2.21. The number of methoxy groups -OCH3 is 1. The van der Waals surface area contributed by atoms with Gasteiger partial charge in [0.15, 0.2) is 5.69 Å². The Morgan fingerprint density at radius 2 is 1.74 bits per heavy atom. The summed E-state index contributed by atoms with van der Waals surface area (Å²) >= 11 is 0. The van der Waals surface area contributed by atoms with Crippen molar-refractivity contribution in [3.63, 3.8) is 0 Å². The summed E-state index contributed by atoms with van der Waals surface area (Å²) in [6.45, 7) is 1.98. The van der Waals surface area contributed by atoms with Gasteiger partial charge in [-0.15, -0.1) is 5.10 Å². The van der Waals surface area contributed by atoms with Crippen LogP contribution in [0.25, 0.3) is 16.9 Å². The number of aryl methyl sites for hydroxylation is 1. The van der Waals surface area contributed by atoms with Gasteiger partial charge in [0.1, 0.15) is 11.4 Å². The predicted molar refractivity (Wildman–Crippen MR) is 85.0 cm³/mol. The number of ether oxygens (including phenoxy) is 1. The summed E-state index contributed by atoms with van der Waals surface area (Å²) in [5.41, 5.74) is 2.91. The molecule has 1 heterocycles. The minimum absolute atomic E-state index is 0.0873. The summed E-state index contributed by atoms with van der Waals surface area (Å²) in [6, 6.07) is 14.8. The SMILES string of the molecule is COc1ccc(-c2c(C(=O)O)nnn2-c2ccc(C)cc2)cc1. The number of hydrogen-bond acceptors (Lipinski definition) is 4. The van der Waals surface area contributed by atoms with Crippen molar-refractivity contribution < 1.29 is 14.6 Å². The fraction of sp³-hybridized carbons (Fsp3) is 0.118. The summed E-state index contributed by atoms with van der Waals surface area (Å²) in [5, 5.41) is 17.2. The summed E-state index contributed by atoms with van der Waals surface area (Å²) < 4.78 is 6.67. The van der Waals surface area contributed by atoms with Crippen LogP contribution in [0.1, 0.15) is 16.1 Å². The number of aromatic carboxylic acids is 1. The van der Waals surface area contributed by atoms with E-state index in [2.05, 4.69) is 10.3 Å². The predicted octanol–water partition coefficient (Wildman–Crippen LogP) is 2.95. The number of benzene rings is 2. The number of rotatable bonds is 4. The quantitative estimate of drug-likeness (QED) is 0.801. The van der Waals surface area contributed by atoms with E-state index in [0.717, 1.165) is 11.3 Å². The molecule has 6 nitrogen and oxygen atoms in total. The zero-order valence-corrected chi connectivity index (χ0v) is 12.7. The van der Waals surface area contributed by atoms with Crippen LogP contribution in [0.5, 0.6) is 5.75 Å². The number of nitrogens with zero attached hydrogens (tertiary/aromatic N) is 3. The largest absolute Gasteiger partial charge is 0.497 e. The van der Waals surface area contributed by atoms with Gasteiger partial charge in [0.2, 0.25) is 0 Å². The smallest absolute Gasteiger partial charge is 0.358 e. The van der Waals surface area contributed by atoms with Crippen LogP contribution in [0.2, 0.25) is 0 Å². The Morgan fingerprint density at radius 3 is 2.30 bits per heavy atom. The Kier molecular flexibility index (Phi) is 3.80. The second-order valence-electron chi connectivity index (χ2n) is 5.07. The maximum Gasteiger partial charge on any atom is 0.358 e. The molecule has 0 radical (unpaired) electrons. The summed E-state index contributed by atoms with van der Waals surface area (Å²) in [4.78, 5) is 11.5. The van der Waals surface area contributed by atoms with Crippen molar-refractivity contribution in [1.82, 2.24) is 15.0 Å².